The molecule has 1 saturated heterocycles. The molecule has 142 valence electrons. The first kappa shape index (κ1) is 18.9. The van der Waals surface area contributed by atoms with E-state index < -0.39 is 0 Å². The van der Waals surface area contributed by atoms with Crippen molar-refractivity contribution < 1.29 is 0 Å². The Morgan fingerprint density at radius 1 is 0.889 bits per heavy atom. The first-order valence-corrected chi connectivity index (χ1v) is 10.5. The fraction of sp³-hybridized carbons (Fsp3) is 0.381. The molecule has 0 aliphatic carbocycles. The van der Waals surface area contributed by atoms with Gasteiger partial charge in [0.1, 0.15) is 5.84 Å². The summed E-state index contributed by atoms with van der Waals surface area (Å²) in [5, 5.41) is 9.07. The Bertz CT molecular complexity index is 844. The zero-order chi connectivity index (χ0) is 19.0. The van der Waals surface area contributed by atoms with Crippen LogP contribution < -0.4 is 5.01 Å². The van der Waals surface area contributed by atoms with E-state index in [0.717, 1.165) is 29.6 Å². The highest BCUT2D eigenvalue weighted by Crippen LogP contribution is 2.43. The SMILES string of the molecule is C[C@@H]1C(N2CCCCC2)=NN(c2ccc(Cl)cc2Cl)[C@@H]1c1ccc(Cl)cc1. The van der Waals surface area contributed by atoms with Crippen LogP contribution in [-0.4, -0.2) is 23.8 Å². The Morgan fingerprint density at radius 3 is 2.22 bits per heavy atom. The summed E-state index contributed by atoms with van der Waals surface area (Å²) in [4.78, 5) is 2.43. The lowest BCUT2D eigenvalue weighted by Crippen LogP contribution is -2.38. The zero-order valence-electron chi connectivity index (χ0n) is 15.2. The van der Waals surface area contributed by atoms with Gasteiger partial charge in [0.25, 0.3) is 0 Å². The third kappa shape index (κ3) is 3.78. The van der Waals surface area contributed by atoms with Crippen LogP contribution in [-0.2, 0) is 0 Å². The predicted molar refractivity (Wildman–Crippen MR) is 115 cm³/mol. The van der Waals surface area contributed by atoms with Crippen LogP contribution in [0.15, 0.2) is 47.6 Å². The van der Waals surface area contributed by atoms with E-state index in [2.05, 4.69) is 29.0 Å². The van der Waals surface area contributed by atoms with Gasteiger partial charge in [-0.15, -0.1) is 0 Å². The standard InChI is InChI=1S/C21H22Cl3N3/c1-14-20(15-5-7-16(22)8-6-15)27(19-10-9-17(23)13-18(19)24)25-21(14)26-11-3-2-4-12-26/h5-10,13-14,20H,2-4,11-12H2,1H3/t14-,20-/m0/s1. The summed E-state index contributed by atoms with van der Waals surface area (Å²) in [5.74, 6) is 1.39. The normalized spacial score (nSPS) is 22.9. The Kier molecular flexibility index (Phi) is 5.54. The van der Waals surface area contributed by atoms with Crippen molar-refractivity contribution in [3.63, 3.8) is 0 Å². The van der Waals surface area contributed by atoms with Gasteiger partial charge in [0.2, 0.25) is 0 Å². The number of hydrogen-bond acceptors (Lipinski definition) is 3. The lowest BCUT2D eigenvalue weighted by molar-refractivity contribution is 0.329. The molecule has 0 aromatic heterocycles. The van der Waals surface area contributed by atoms with Gasteiger partial charge in [-0.25, -0.2) is 0 Å². The molecule has 2 heterocycles. The van der Waals surface area contributed by atoms with Crippen LogP contribution in [0.4, 0.5) is 5.69 Å². The number of hydrogen-bond donors (Lipinski definition) is 0. The van der Waals surface area contributed by atoms with Gasteiger partial charge in [-0.3, -0.25) is 5.01 Å². The van der Waals surface area contributed by atoms with E-state index in [1.807, 2.05) is 24.3 Å². The Hall–Kier alpha value is -1.42. The summed E-state index contributed by atoms with van der Waals surface area (Å²) >= 11 is 18.8. The quantitative estimate of drug-likeness (QED) is 0.540. The van der Waals surface area contributed by atoms with Crippen LogP contribution in [0.2, 0.25) is 15.1 Å². The first-order valence-electron chi connectivity index (χ1n) is 9.38. The summed E-state index contributed by atoms with van der Waals surface area (Å²) in [6.45, 7) is 4.38. The molecule has 0 spiro atoms. The van der Waals surface area contributed by atoms with Crippen molar-refractivity contribution in [3.8, 4) is 0 Å². The fourth-order valence-corrected chi connectivity index (χ4v) is 4.67. The third-order valence-electron chi connectivity index (χ3n) is 5.40. The molecule has 1 fully saturated rings. The monoisotopic (exact) mass is 421 g/mol. The van der Waals surface area contributed by atoms with Gasteiger partial charge < -0.3 is 4.90 Å². The van der Waals surface area contributed by atoms with Gasteiger partial charge in [-0.05, 0) is 55.2 Å². The van der Waals surface area contributed by atoms with Gasteiger partial charge in [0, 0.05) is 29.1 Å². The maximum Gasteiger partial charge on any atom is 0.130 e. The number of anilines is 1. The summed E-state index contributed by atoms with van der Waals surface area (Å²) in [7, 11) is 0. The molecular formula is C21H22Cl3N3. The number of benzene rings is 2. The second-order valence-corrected chi connectivity index (χ2v) is 8.51. The van der Waals surface area contributed by atoms with Crippen LogP contribution >= 0.6 is 34.8 Å². The highest BCUT2D eigenvalue weighted by atomic mass is 35.5. The molecule has 2 atom stereocenters. The van der Waals surface area contributed by atoms with Gasteiger partial charge in [-0.1, -0.05) is 53.9 Å². The predicted octanol–water partition coefficient (Wildman–Crippen LogP) is 6.64. The largest absolute Gasteiger partial charge is 0.358 e. The van der Waals surface area contributed by atoms with Crippen molar-refractivity contribution in [2.45, 2.75) is 32.2 Å². The minimum Gasteiger partial charge on any atom is -0.358 e. The van der Waals surface area contributed by atoms with Crippen molar-refractivity contribution in [2.75, 3.05) is 18.1 Å². The average molecular weight is 423 g/mol. The molecule has 0 amide bonds. The van der Waals surface area contributed by atoms with Crippen molar-refractivity contribution in [1.29, 1.82) is 0 Å². The van der Waals surface area contributed by atoms with E-state index in [9.17, 15) is 0 Å². The molecule has 2 aliphatic heterocycles. The van der Waals surface area contributed by atoms with Crippen molar-refractivity contribution in [1.82, 2.24) is 4.90 Å². The number of halogens is 3. The molecule has 0 N–H and O–H groups in total. The number of piperidine rings is 1. The molecule has 4 rings (SSSR count). The van der Waals surface area contributed by atoms with Crippen molar-refractivity contribution in [2.24, 2.45) is 11.0 Å². The molecule has 2 aromatic carbocycles. The smallest absolute Gasteiger partial charge is 0.130 e. The van der Waals surface area contributed by atoms with Gasteiger partial charge in [-0.2, -0.15) is 5.10 Å². The van der Waals surface area contributed by atoms with Crippen molar-refractivity contribution in [3.05, 3.63) is 63.1 Å². The van der Waals surface area contributed by atoms with Crippen LogP contribution in [0.25, 0.3) is 0 Å². The van der Waals surface area contributed by atoms with Crippen LogP contribution in [0.5, 0.6) is 0 Å². The molecule has 0 saturated carbocycles. The fourth-order valence-electron chi connectivity index (χ4n) is 4.05. The molecule has 0 bridgehead atoms. The van der Waals surface area contributed by atoms with E-state index in [0.29, 0.717) is 10.0 Å². The van der Waals surface area contributed by atoms with Crippen molar-refractivity contribution >= 4 is 46.3 Å². The molecule has 0 unspecified atom stereocenters. The number of nitrogens with zero attached hydrogens (tertiary/aromatic N) is 3. The lowest BCUT2D eigenvalue weighted by atomic mass is 9.92. The van der Waals surface area contributed by atoms with Gasteiger partial charge in [0.15, 0.2) is 0 Å². The average Bonchev–Trinajstić information content (AvgIpc) is 3.00. The maximum atomic E-state index is 6.54. The number of rotatable bonds is 2. The molecule has 2 aromatic rings. The maximum absolute atomic E-state index is 6.54. The molecule has 0 radical (unpaired) electrons. The van der Waals surface area contributed by atoms with Crippen LogP contribution in [0.3, 0.4) is 0 Å². The summed E-state index contributed by atoms with van der Waals surface area (Å²) in [6.07, 6.45) is 3.74. The summed E-state index contributed by atoms with van der Waals surface area (Å²) in [5.41, 5.74) is 2.05. The lowest BCUT2D eigenvalue weighted by Gasteiger charge is -2.31. The number of hydrazone groups is 1. The summed E-state index contributed by atoms with van der Waals surface area (Å²) < 4.78 is 0. The Labute approximate surface area is 175 Å². The topological polar surface area (TPSA) is 18.8 Å². The molecule has 3 nitrogen and oxygen atoms in total. The molecule has 27 heavy (non-hydrogen) atoms. The zero-order valence-corrected chi connectivity index (χ0v) is 17.5. The molecule has 6 heteroatoms. The highest BCUT2D eigenvalue weighted by Gasteiger charge is 2.39. The molecular weight excluding hydrogens is 401 g/mol. The summed E-state index contributed by atoms with van der Waals surface area (Å²) in [6, 6.07) is 13.7. The Morgan fingerprint density at radius 2 is 1.56 bits per heavy atom. The Balaban J connectivity index is 1.76. The van der Waals surface area contributed by atoms with Crippen LogP contribution in [0.1, 0.15) is 37.8 Å². The second kappa shape index (κ2) is 7.90. The van der Waals surface area contributed by atoms with E-state index in [1.54, 1.807) is 6.07 Å². The van der Waals surface area contributed by atoms with E-state index >= 15 is 0 Å². The van der Waals surface area contributed by atoms with E-state index in [-0.39, 0.29) is 12.0 Å². The van der Waals surface area contributed by atoms with Crippen LogP contribution in [0, 0.1) is 5.92 Å². The van der Waals surface area contributed by atoms with E-state index in [1.165, 1.54) is 24.8 Å². The minimum absolute atomic E-state index is 0.0675. The third-order valence-corrected chi connectivity index (χ3v) is 6.19. The number of likely N-dealkylation sites (tertiary alicyclic amines) is 1. The second-order valence-electron chi connectivity index (χ2n) is 7.23. The van der Waals surface area contributed by atoms with E-state index in [4.69, 9.17) is 39.9 Å². The minimum atomic E-state index is 0.0675. The highest BCUT2D eigenvalue weighted by molar-refractivity contribution is 6.36. The first-order chi connectivity index (χ1) is 13.0. The van der Waals surface area contributed by atoms with Gasteiger partial charge in [0.05, 0.1) is 16.8 Å². The number of amidine groups is 1. The molecule has 2 aliphatic rings. The van der Waals surface area contributed by atoms with Gasteiger partial charge >= 0.3 is 0 Å².